The fourth-order valence-corrected chi connectivity index (χ4v) is 3.83. The van der Waals surface area contributed by atoms with Gasteiger partial charge in [0, 0.05) is 0 Å². The predicted octanol–water partition coefficient (Wildman–Crippen LogP) is 3.22. The summed E-state index contributed by atoms with van der Waals surface area (Å²) in [6, 6.07) is 0. The molecule has 14 heavy (non-hydrogen) atoms. The SMILES string of the molecule is CC(C)(O)CC1CC2CC1CC2(C)C. The maximum absolute atomic E-state index is 9.84. The van der Waals surface area contributed by atoms with E-state index in [4.69, 9.17) is 0 Å². The molecule has 3 unspecified atom stereocenters. The molecule has 2 fully saturated rings. The molecule has 2 rings (SSSR count). The van der Waals surface area contributed by atoms with Gasteiger partial charge >= 0.3 is 0 Å². The summed E-state index contributed by atoms with van der Waals surface area (Å²) in [7, 11) is 0. The van der Waals surface area contributed by atoms with Crippen LogP contribution in [0.15, 0.2) is 0 Å². The molecule has 1 nitrogen and oxygen atoms in total. The first-order chi connectivity index (χ1) is 6.28. The molecule has 0 aromatic carbocycles. The highest BCUT2D eigenvalue weighted by atomic mass is 16.3. The van der Waals surface area contributed by atoms with Crippen LogP contribution < -0.4 is 0 Å². The van der Waals surface area contributed by atoms with Gasteiger partial charge in [0.2, 0.25) is 0 Å². The summed E-state index contributed by atoms with van der Waals surface area (Å²) in [4.78, 5) is 0. The van der Waals surface area contributed by atoms with E-state index in [1.54, 1.807) is 0 Å². The molecule has 0 radical (unpaired) electrons. The highest BCUT2D eigenvalue weighted by Crippen LogP contribution is 2.59. The molecule has 2 aliphatic carbocycles. The summed E-state index contributed by atoms with van der Waals surface area (Å²) in [5, 5.41) is 9.84. The smallest absolute Gasteiger partial charge is 0.0594 e. The van der Waals surface area contributed by atoms with Crippen molar-refractivity contribution in [3.63, 3.8) is 0 Å². The zero-order valence-corrected chi connectivity index (χ0v) is 10.0. The minimum atomic E-state index is -0.459. The van der Waals surface area contributed by atoms with Gasteiger partial charge in [0.15, 0.2) is 0 Å². The van der Waals surface area contributed by atoms with Crippen LogP contribution in [-0.2, 0) is 0 Å². The maximum atomic E-state index is 9.84. The quantitative estimate of drug-likeness (QED) is 0.719. The van der Waals surface area contributed by atoms with Crippen LogP contribution >= 0.6 is 0 Å². The van der Waals surface area contributed by atoms with Crippen molar-refractivity contribution in [1.82, 2.24) is 0 Å². The summed E-state index contributed by atoms with van der Waals surface area (Å²) in [6.07, 6.45) is 5.18. The first-order valence-corrected chi connectivity index (χ1v) is 6.00. The van der Waals surface area contributed by atoms with Gasteiger partial charge in [-0.25, -0.2) is 0 Å². The average Bonchev–Trinajstić information content (AvgIpc) is 2.38. The molecule has 2 aliphatic rings. The second-order valence-corrected chi connectivity index (χ2v) is 6.90. The summed E-state index contributed by atoms with van der Waals surface area (Å²) < 4.78 is 0. The Balaban J connectivity index is 1.97. The number of fused-ring (bicyclic) bond motifs is 2. The highest BCUT2D eigenvalue weighted by Gasteiger charge is 2.50. The Kier molecular flexibility index (Phi) is 2.23. The molecule has 0 amide bonds. The van der Waals surface area contributed by atoms with Crippen molar-refractivity contribution in [2.24, 2.45) is 23.2 Å². The summed E-state index contributed by atoms with van der Waals surface area (Å²) >= 11 is 0. The van der Waals surface area contributed by atoms with E-state index in [9.17, 15) is 5.11 Å². The molecule has 0 heterocycles. The number of aliphatic hydroxyl groups is 1. The summed E-state index contributed by atoms with van der Waals surface area (Å²) in [6.45, 7) is 8.73. The van der Waals surface area contributed by atoms with Gasteiger partial charge < -0.3 is 5.11 Å². The third-order valence-corrected chi connectivity index (χ3v) is 4.50. The fourth-order valence-electron chi connectivity index (χ4n) is 3.83. The first-order valence-electron chi connectivity index (χ1n) is 6.00. The normalized spacial score (nSPS) is 40.5. The zero-order valence-electron chi connectivity index (χ0n) is 10.0. The van der Waals surface area contributed by atoms with Crippen molar-refractivity contribution in [3.05, 3.63) is 0 Å². The molecule has 0 aliphatic heterocycles. The molecule has 0 saturated heterocycles. The lowest BCUT2D eigenvalue weighted by Crippen LogP contribution is -2.30. The van der Waals surface area contributed by atoms with E-state index >= 15 is 0 Å². The van der Waals surface area contributed by atoms with Crippen LogP contribution in [0.1, 0.15) is 53.4 Å². The van der Waals surface area contributed by atoms with Crippen LogP contribution in [-0.4, -0.2) is 10.7 Å². The molecule has 3 atom stereocenters. The van der Waals surface area contributed by atoms with Gasteiger partial charge in [0.1, 0.15) is 0 Å². The van der Waals surface area contributed by atoms with Crippen molar-refractivity contribution in [1.29, 1.82) is 0 Å². The van der Waals surface area contributed by atoms with E-state index in [1.807, 2.05) is 13.8 Å². The molecule has 0 aromatic heterocycles. The molecule has 2 saturated carbocycles. The Hall–Kier alpha value is -0.0400. The zero-order chi connectivity index (χ0) is 10.6. The Morgan fingerprint density at radius 3 is 2.29 bits per heavy atom. The van der Waals surface area contributed by atoms with E-state index in [1.165, 1.54) is 19.3 Å². The Labute approximate surface area is 87.9 Å². The van der Waals surface area contributed by atoms with E-state index in [-0.39, 0.29) is 0 Å². The van der Waals surface area contributed by atoms with E-state index in [0.29, 0.717) is 5.41 Å². The van der Waals surface area contributed by atoms with Gasteiger partial charge in [-0.05, 0) is 62.7 Å². The molecule has 0 spiro atoms. The van der Waals surface area contributed by atoms with Gasteiger partial charge in [-0.1, -0.05) is 13.8 Å². The second-order valence-electron chi connectivity index (χ2n) is 6.90. The first kappa shape index (κ1) is 10.5. The van der Waals surface area contributed by atoms with Crippen molar-refractivity contribution < 1.29 is 5.11 Å². The van der Waals surface area contributed by atoms with Crippen LogP contribution in [0.25, 0.3) is 0 Å². The summed E-state index contributed by atoms with van der Waals surface area (Å²) in [5.74, 6) is 2.63. The topological polar surface area (TPSA) is 20.2 Å². The van der Waals surface area contributed by atoms with Crippen molar-refractivity contribution in [3.8, 4) is 0 Å². The lowest BCUT2D eigenvalue weighted by atomic mass is 9.71. The van der Waals surface area contributed by atoms with Crippen LogP contribution in [0, 0.1) is 23.2 Å². The van der Waals surface area contributed by atoms with Gasteiger partial charge in [0.25, 0.3) is 0 Å². The molecular formula is C13H24O. The largest absolute Gasteiger partial charge is 0.390 e. The molecular weight excluding hydrogens is 172 g/mol. The standard InChI is InChI=1S/C13H24O/c1-12(2)7-9-5-11(12)6-10(9)8-13(3,4)14/h9-11,14H,5-8H2,1-4H3. The van der Waals surface area contributed by atoms with Crippen LogP contribution in [0.3, 0.4) is 0 Å². The monoisotopic (exact) mass is 196 g/mol. The lowest BCUT2D eigenvalue weighted by Gasteiger charge is -2.36. The van der Waals surface area contributed by atoms with E-state index < -0.39 is 5.60 Å². The van der Waals surface area contributed by atoms with Gasteiger partial charge in [-0.2, -0.15) is 0 Å². The summed E-state index contributed by atoms with van der Waals surface area (Å²) in [5.41, 5.74) is 0.125. The van der Waals surface area contributed by atoms with Gasteiger partial charge in [-0.15, -0.1) is 0 Å². The number of hydrogen-bond donors (Lipinski definition) is 1. The van der Waals surface area contributed by atoms with Gasteiger partial charge in [0.05, 0.1) is 5.60 Å². The second kappa shape index (κ2) is 2.98. The fraction of sp³-hybridized carbons (Fsp3) is 1.00. The van der Waals surface area contributed by atoms with E-state index in [0.717, 1.165) is 24.2 Å². The molecule has 1 heteroatoms. The minimum Gasteiger partial charge on any atom is -0.390 e. The molecule has 1 N–H and O–H groups in total. The van der Waals surface area contributed by atoms with Gasteiger partial charge in [-0.3, -0.25) is 0 Å². The average molecular weight is 196 g/mol. The molecule has 82 valence electrons. The Bertz CT molecular complexity index is 224. The van der Waals surface area contributed by atoms with E-state index in [2.05, 4.69) is 13.8 Å². The number of hydrogen-bond acceptors (Lipinski definition) is 1. The Morgan fingerprint density at radius 1 is 1.29 bits per heavy atom. The number of rotatable bonds is 2. The third-order valence-electron chi connectivity index (χ3n) is 4.50. The third kappa shape index (κ3) is 1.84. The molecule has 2 bridgehead atoms. The van der Waals surface area contributed by atoms with Crippen molar-refractivity contribution in [2.75, 3.05) is 0 Å². The van der Waals surface area contributed by atoms with Crippen LogP contribution in [0.5, 0.6) is 0 Å². The lowest BCUT2D eigenvalue weighted by molar-refractivity contribution is 0.0327. The van der Waals surface area contributed by atoms with Crippen LogP contribution in [0.4, 0.5) is 0 Å². The predicted molar refractivity (Wildman–Crippen MR) is 59.0 cm³/mol. The maximum Gasteiger partial charge on any atom is 0.0594 e. The Morgan fingerprint density at radius 2 is 1.93 bits per heavy atom. The van der Waals surface area contributed by atoms with Crippen molar-refractivity contribution in [2.45, 2.75) is 59.0 Å². The van der Waals surface area contributed by atoms with Crippen LogP contribution in [0.2, 0.25) is 0 Å². The minimum absolute atomic E-state index is 0.459. The molecule has 0 aromatic rings. The van der Waals surface area contributed by atoms with Crippen molar-refractivity contribution >= 4 is 0 Å². The highest BCUT2D eigenvalue weighted by molar-refractivity contribution is 5.00.